The summed E-state index contributed by atoms with van der Waals surface area (Å²) in [5.74, 6) is -0.371. The van der Waals surface area contributed by atoms with Gasteiger partial charge < -0.3 is 19.7 Å². The summed E-state index contributed by atoms with van der Waals surface area (Å²) in [4.78, 5) is 29.2. The number of hydrogen-bond acceptors (Lipinski definition) is 6. The summed E-state index contributed by atoms with van der Waals surface area (Å²) in [6.07, 6.45) is 0.279. The van der Waals surface area contributed by atoms with Crippen LogP contribution in [0.4, 0.5) is 5.69 Å². The first-order chi connectivity index (χ1) is 21.0. The van der Waals surface area contributed by atoms with Crippen LogP contribution < -0.4 is 19.1 Å². The standard InChI is InChI=1S/C33H41Cl2N3O6S/c1-9-28(32(40)36-33(4,5)6)37(19-23-10-12-26(34)27(35)17-23)31(39)20-38(24-15-21(2)14-22(3)16-24)45(41,42)25-11-13-29(43-7)30(18-25)44-8/h10-18,28H,9,19-20H2,1-8H3,(H,36,40)/t28-/m1/s1. The van der Waals surface area contributed by atoms with E-state index in [4.69, 9.17) is 32.7 Å². The Balaban J connectivity index is 2.16. The lowest BCUT2D eigenvalue weighted by atomic mass is 10.1. The van der Waals surface area contributed by atoms with Gasteiger partial charge in [-0.25, -0.2) is 8.42 Å². The zero-order valence-corrected chi connectivity index (χ0v) is 29.2. The number of aryl methyl sites for hydroxylation is 2. The third kappa shape index (κ3) is 9.05. The number of ether oxygens (including phenoxy) is 2. The maximum Gasteiger partial charge on any atom is 0.264 e. The fourth-order valence-corrected chi connectivity index (χ4v) is 6.67. The Labute approximate surface area is 276 Å². The Morgan fingerprint density at radius 3 is 2.04 bits per heavy atom. The lowest BCUT2D eigenvalue weighted by Gasteiger charge is -2.35. The normalized spacial score (nSPS) is 12.3. The predicted molar refractivity (Wildman–Crippen MR) is 179 cm³/mol. The minimum atomic E-state index is -4.33. The molecule has 0 bridgehead atoms. The van der Waals surface area contributed by atoms with E-state index in [0.717, 1.165) is 15.4 Å². The molecule has 3 aromatic carbocycles. The van der Waals surface area contributed by atoms with E-state index in [2.05, 4.69) is 5.32 Å². The van der Waals surface area contributed by atoms with Gasteiger partial charge in [-0.3, -0.25) is 13.9 Å². The number of amides is 2. The molecule has 3 aromatic rings. The minimum Gasteiger partial charge on any atom is -0.493 e. The van der Waals surface area contributed by atoms with Gasteiger partial charge in [0.25, 0.3) is 10.0 Å². The Morgan fingerprint density at radius 2 is 1.51 bits per heavy atom. The van der Waals surface area contributed by atoms with E-state index in [1.54, 1.807) is 37.3 Å². The van der Waals surface area contributed by atoms with Gasteiger partial charge in [0.2, 0.25) is 11.8 Å². The van der Waals surface area contributed by atoms with Crippen molar-refractivity contribution in [3.63, 3.8) is 0 Å². The molecule has 244 valence electrons. The van der Waals surface area contributed by atoms with Crippen molar-refractivity contribution in [2.24, 2.45) is 0 Å². The molecular weight excluding hydrogens is 637 g/mol. The zero-order chi connectivity index (χ0) is 33.7. The number of hydrogen-bond donors (Lipinski definition) is 1. The smallest absolute Gasteiger partial charge is 0.264 e. The highest BCUT2D eigenvalue weighted by atomic mass is 35.5. The van der Waals surface area contributed by atoms with Gasteiger partial charge in [-0.15, -0.1) is 0 Å². The average molecular weight is 679 g/mol. The molecule has 12 heteroatoms. The monoisotopic (exact) mass is 677 g/mol. The van der Waals surface area contributed by atoms with Gasteiger partial charge >= 0.3 is 0 Å². The number of nitrogens with one attached hydrogen (secondary N) is 1. The molecule has 0 saturated carbocycles. The highest BCUT2D eigenvalue weighted by molar-refractivity contribution is 7.92. The summed E-state index contributed by atoms with van der Waals surface area (Å²) in [5, 5.41) is 3.59. The molecule has 45 heavy (non-hydrogen) atoms. The maximum absolute atomic E-state index is 14.4. The van der Waals surface area contributed by atoms with Crippen LogP contribution in [0.25, 0.3) is 0 Å². The van der Waals surface area contributed by atoms with Gasteiger partial charge in [-0.2, -0.15) is 0 Å². The van der Waals surface area contributed by atoms with Crippen molar-refractivity contribution in [1.82, 2.24) is 10.2 Å². The summed E-state index contributed by atoms with van der Waals surface area (Å²) < 4.78 is 40.4. The van der Waals surface area contributed by atoms with Crippen LogP contribution in [0.15, 0.2) is 59.5 Å². The van der Waals surface area contributed by atoms with Crippen LogP contribution in [0.1, 0.15) is 50.8 Å². The van der Waals surface area contributed by atoms with E-state index in [0.29, 0.717) is 27.0 Å². The first-order valence-electron chi connectivity index (χ1n) is 14.4. The second-order valence-electron chi connectivity index (χ2n) is 11.8. The van der Waals surface area contributed by atoms with Crippen LogP contribution in [0, 0.1) is 13.8 Å². The Bertz CT molecular complexity index is 1640. The average Bonchev–Trinajstić information content (AvgIpc) is 2.95. The lowest BCUT2D eigenvalue weighted by molar-refractivity contribution is -0.141. The van der Waals surface area contributed by atoms with Crippen molar-refractivity contribution in [1.29, 1.82) is 0 Å². The lowest BCUT2D eigenvalue weighted by Crippen LogP contribution is -2.55. The zero-order valence-electron chi connectivity index (χ0n) is 26.9. The van der Waals surface area contributed by atoms with Crippen molar-refractivity contribution < 1.29 is 27.5 Å². The summed E-state index contributed by atoms with van der Waals surface area (Å²) in [5.41, 5.74) is 1.99. The molecule has 3 rings (SSSR count). The third-order valence-electron chi connectivity index (χ3n) is 6.94. The molecule has 9 nitrogen and oxygen atoms in total. The molecule has 0 aliphatic rings. The molecule has 0 radical (unpaired) electrons. The number of rotatable bonds is 12. The van der Waals surface area contributed by atoms with Crippen LogP contribution >= 0.6 is 23.2 Å². The first kappa shape index (κ1) is 36.0. The fraction of sp³-hybridized carbons (Fsp3) is 0.394. The van der Waals surface area contributed by atoms with Crippen molar-refractivity contribution >= 4 is 50.7 Å². The SMILES string of the molecule is CC[C@H](C(=O)NC(C)(C)C)N(Cc1ccc(Cl)c(Cl)c1)C(=O)CN(c1cc(C)cc(C)c1)S(=O)(=O)c1ccc(OC)c(OC)c1. The maximum atomic E-state index is 14.4. The highest BCUT2D eigenvalue weighted by Crippen LogP contribution is 2.33. The van der Waals surface area contributed by atoms with Crippen LogP contribution in [-0.2, 0) is 26.2 Å². The van der Waals surface area contributed by atoms with Gasteiger partial charge in [0.1, 0.15) is 12.6 Å². The second-order valence-corrected chi connectivity index (χ2v) is 14.5. The number of carbonyl (C=O) groups is 2. The van der Waals surface area contributed by atoms with Gasteiger partial charge in [-0.1, -0.05) is 42.3 Å². The number of nitrogens with zero attached hydrogens (tertiary/aromatic N) is 2. The molecule has 0 aliphatic carbocycles. The molecular formula is C33H41Cl2N3O6S. The number of halogens is 2. The molecule has 2 amide bonds. The number of anilines is 1. The molecule has 0 unspecified atom stereocenters. The molecule has 1 N–H and O–H groups in total. The molecule has 0 aromatic heterocycles. The summed E-state index contributed by atoms with van der Waals surface area (Å²) >= 11 is 12.4. The van der Waals surface area contributed by atoms with Crippen molar-refractivity contribution in [3.05, 3.63) is 81.3 Å². The van der Waals surface area contributed by atoms with Crippen molar-refractivity contribution in [2.45, 2.75) is 71.0 Å². The van der Waals surface area contributed by atoms with E-state index in [9.17, 15) is 18.0 Å². The van der Waals surface area contributed by atoms with Crippen LogP contribution in [0.5, 0.6) is 11.5 Å². The van der Waals surface area contributed by atoms with Crippen molar-refractivity contribution in [2.75, 3.05) is 25.1 Å². The molecule has 0 aliphatic heterocycles. The van der Waals surface area contributed by atoms with E-state index < -0.39 is 34.1 Å². The molecule has 0 heterocycles. The Morgan fingerprint density at radius 1 is 0.889 bits per heavy atom. The minimum absolute atomic E-state index is 0.0110. The second kappa shape index (κ2) is 14.7. The summed E-state index contributed by atoms with van der Waals surface area (Å²) in [7, 11) is -1.47. The molecule has 0 spiro atoms. The largest absolute Gasteiger partial charge is 0.493 e. The van der Waals surface area contributed by atoms with Crippen LogP contribution in [0.2, 0.25) is 10.0 Å². The Kier molecular flexibility index (Phi) is 11.8. The molecule has 1 atom stereocenters. The van der Waals surface area contributed by atoms with E-state index in [1.807, 2.05) is 40.7 Å². The predicted octanol–water partition coefficient (Wildman–Crippen LogP) is 6.54. The van der Waals surface area contributed by atoms with Crippen LogP contribution in [0.3, 0.4) is 0 Å². The van der Waals surface area contributed by atoms with Gasteiger partial charge in [0.05, 0.1) is 34.8 Å². The van der Waals surface area contributed by atoms with Gasteiger partial charge in [0, 0.05) is 18.2 Å². The van der Waals surface area contributed by atoms with Crippen LogP contribution in [-0.4, -0.2) is 57.5 Å². The number of benzene rings is 3. The topological polar surface area (TPSA) is 105 Å². The summed E-state index contributed by atoms with van der Waals surface area (Å²) in [6, 6.07) is 13.6. The number of sulfonamides is 1. The first-order valence-corrected chi connectivity index (χ1v) is 16.6. The Hall–Kier alpha value is -3.47. The molecule has 0 fully saturated rings. The van der Waals surface area contributed by atoms with Crippen molar-refractivity contribution in [3.8, 4) is 11.5 Å². The number of methoxy groups -OCH3 is 2. The third-order valence-corrected chi connectivity index (χ3v) is 9.45. The van der Waals surface area contributed by atoms with E-state index in [1.165, 1.54) is 37.3 Å². The van der Waals surface area contributed by atoms with E-state index in [-0.39, 0.29) is 29.5 Å². The van der Waals surface area contributed by atoms with Gasteiger partial charge in [-0.05, 0) is 94.1 Å². The fourth-order valence-electron chi connectivity index (χ4n) is 4.93. The quantitative estimate of drug-likeness (QED) is 0.233. The highest BCUT2D eigenvalue weighted by Gasteiger charge is 2.35. The van der Waals surface area contributed by atoms with Gasteiger partial charge in [0.15, 0.2) is 11.5 Å². The molecule has 0 saturated heterocycles. The van der Waals surface area contributed by atoms with E-state index >= 15 is 0 Å². The summed E-state index contributed by atoms with van der Waals surface area (Å²) in [6.45, 7) is 10.4. The number of carbonyl (C=O) groups excluding carboxylic acids is 2.